The minimum atomic E-state index is -4.80. The lowest BCUT2D eigenvalue weighted by Crippen LogP contribution is -2.29. The van der Waals surface area contributed by atoms with Crippen LogP contribution >= 0.6 is 26.8 Å². The van der Waals surface area contributed by atoms with Crippen LogP contribution in [0, 0.1) is 11.7 Å². The zero-order valence-corrected chi connectivity index (χ0v) is 22.3. The fourth-order valence-electron chi connectivity index (χ4n) is 5.35. The average molecular weight is 591 g/mol. The maximum absolute atomic E-state index is 13.6. The second kappa shape index (κ2) is 10.2. The smallest absolute Gasteiger partial charge is 0.340 e. The number of aliphatic hydroxyl groups is 2. The van der Waals surface area contributed by atoms with Crippen molar-refractivity contribution in [3.05, 3.63) is 58.3 Å². The first-order chi connectivity index (χ1) is 17.8. The summed E-state index contributed by atoms with van der Waals surface area (Å²) in [6.07, 6.45) is -1.03. The van der Waals surface area contributed by atoms with E-state index in [-0.39, 0.29) is 23.6 Å². The topological polar surface area (TPSA) is 187 Å². The summed E-state index contributed by atoms with van der Waals surface area (Å²) in [6.45, 7) is -0.490. The summed E-state index contributed by atoms with van der Waals surface area (Å²) in [6, 6.07) is 7.98. The number of benzene rings is 1. The molecule has 0 spiro atoms. The highest BCUT2D eigenvalue weighted by molar-refractivity contribution is 7.70. The molecule has 1 fully saturated rings. The van der Waals surface area contributed by atoms with Gasteiger partial charge < -0.3 is 34.7 Å². The summed E-state index contributed by atoms with van der Waals surface area (Å²) >= 11 is 6.23. The van der Waals surface area contributed by atoms with Crippen molar-refractivity contribution in [1.82, 2.24) is 14.6 Å². The van der Waals surface area contributed by atoms with Crippen LogP contribution in [0.15, 0.2) is 30.3 Å². The van der Waals surface area contributed by atoms with Crippen molar-refractivity contribution in [3.63, 3.8) is 0 Å². The van der Waals surface area contributed by atoms with Gasteiger partial charge in [-0.05, 0) is 66.3 Å². The Balaban J connectivity index is 1.37. The van der Waals surface area contributed by atoms with E-state index in [1.807, 2.05) is 0 Å². The van der Waals surface area contributed by atoms with Crippen molar-refractivity contribution < 1.29 is 42.9 Å². The molecule has 3 aromatic rings. The van der Waals surface area contributed by atoms with Gasteiger partial charge in [0.1, 0.15) is 11.3 Å². The van der Waals surface area contributed by atoms with Crippen LogP contribution in [0.5, 0.6) is 0 Å². The first-order valence-electron chi connectivity index (χ1n) is 11.8. The van der Waals surface area contributed by atoms with E-state index in [1.165, 1.54) is 16.6 Å². The zero-order chi connectivity index (χ0) is 27.4. The molecule has 2 aliphatic rings. The Morgan fingerprint density at radius 2 is 1.92 bits per heavy atom. The standard InChI is InChI=1S/C22H26ClFN4O8P2/c23-22-26-21(25-16-4-1-11-7-13(24)2-3-14(11)16)18-6-5-17(28(18)27-22)15-8-12(19(29)20(15)30)9-36-38(34,35)10-37(31,32)33/h2-3,5-7,12,15-16,19-20,29-30H,1,4,8-10H2,(H,34,35)(H,25,26,27)(H2,31,32,33)/t12-,15+,16+,19-,20+/m1/s1. The van der Waals surface area contributed by atoms with Gasteiger partial charge in [-0.15, -0.1) is 5.10 Å². The Bertz CT molecular complexity index is 1470. The SMILES string of the molecule is O=P(O)(O)CP(=O)(O)OC[C@H]1C[C@@H](c2ccc3c(N[C@H]4CCc5cc(F)ccc54)nc(Cl)nn23)[C@H](O)[C@@H]1O. The zero-order valence-electron chi connectivity index (χ0n) is 19.8. The molecule has 0 aliphatic heterocycles. The summed E-state index contributed by atoms with van der Waals surface area (Å²) in [4.78, 5) is 32.0. The van der Waals surface area contributed by atoms with Crippen molar-refractivity contribution in [3.8, 4) is 0 Å². The Hall–Kier alpha value is -1.92. The lowest BCUT2D eigenvalue weighted by Gasteiger charge is -2.19. The molecule has 12 nitrogen and oxygen atoms in total. The largest absolute Gasteiger partial charge is 0.390 e. The van der Waals surface area contributed by atoms with Crippen LogP contribution in [-0.2, 0) is 20.1 Å². The van der Waals surface area contributed by atoms with Gasteiger partial charge in [0.2, 0.25) is 5.28 Å². The number of aryl methyl sites for hydroxylation is 1. The Morgan fingerprint density at radius 1 is 1.16 bits per heavy atom. The molecule has 0 saturated heterocycles. The molecule has 0 amide bonds. The Kier molecular flexibility index (Phi) is 7.45. The first kappa shape index (κ1) is 27.6. The fraction of sp³-hybridized carbons (Fsp3) is 0.455. The third kappa shape index (κ3) is 5.67. The molecule has 6 N–H and O–H groups in total. The van der Waals surface area contributed by atoms with Crippen LogP contribution in [-0.4, -0.2) is 64.2 Å². The molecule has 1 saturated carbocycles. The molecule has 6 atom stereocenters. The number of halogens is 2. The molecule has 2 heterocycles. The molecule has 1 unspecified atom stereocenters. The van der Waals surface area contributed by atoms with Gasteiger partial charge in [0.25, 0.3) is 0 Å². The van der Waals surface area contributed by atoms with E-state index in [1.54, 1.807) is 18.2 Å². The van der Waals surface area contributed by atoms with Crippen LogP contribution in [0.3, 0.4) is 0 Å². The molecule has 5 rings (SSSR count). The molecule has 38 heavy (non-hydrogen) atoms. The summed E-state index contributed by atoms with van der Waals surface area (Å²) in [5, 5.41) is 28.9. The summed E-state index contributed by atoms with van der Waals surface area (Å²) in [5.74, 6) is -2.65. The summed E-state index contributed by atoms with van der Waals surface area (Å²) < 4.78 is 43.1. The van der Waals surface area contributed by atoms with Gasteiger partial charge in [0, 0.05) is 17.5 Å². The first-order valence-corrected chi connectivity index (χ1v) is 15.7. The molecule has 0 bridgehead atoms. The van der Waals surface area contributed by atoms with Gasteiger partial charge in [-0.1, -0.05) is 6.07 Å². The average Bonchev–Trinajstić information content (AvgIpc) is 3.47. The van der Waals surface area contributed by atoms with E-state index < -0.39 is 51.7 Å². The number of aromatic nitrogens is 3. The fourth-order valence-corrected chi connectivity index (χ4v) is 8.12. The maximum atomic E-state index is 13.6. The normalized spacial score (nSPS) is 27.0. The number of hydrogen-bond donors (Lipinski definition) is 6. The third-order valence-corrected chi connectivity index (χ3v) is 10.7. The van der Waals surface area contributed by atoms with Gasteiger partial charge >= 0.3 is 15.2 Å². The van der Waals surface area contributed by atoms with Crippen LogP contribution in [0.25, 0.3) is 5.52 Å². The van der Waals surface area contributed by atoms with Gasteiger partial charge in [0.15, 0.2) is 11.7 Å². The van der Waals surface area contributed by atoms with Gasteiger partial charge in [-0.3, -0.25) is 9.13 Å². The minimum Gasteiger partial charge on any atom is -0.390 e. The van der Waals surface area contributed by atoms with E-state index in [9.17, 15) is 28.6 Å². The minimum absolute atomic E-state index is 0.0682. The number of fused-ring (bicyclic) bond motifs is 2. The van der Waals surface area contributed by atoms with Crippen molar-refractivity contribution in [2.45, 2.75) is 43.4 Å². The summed E-state index contributed by atoms with van der Waals surface area (Å²) in [7, 11) is -9.41. The number of aliphatic hydroxyl groups excluding tert-OH is 2. The Labute approximate surface area is 221 Å². The third-order valence-electron chi connectivity index (χ3n) is 7.04. The molecule has 2 aromatic heterocycles. The van der Waals surface area contributed by atoms with E-state index in [4.69, 9.17) is 25.9 Å². The second-order valence-electron chi connectivity index (χ2n) is 9.69. The molecular formula is C22H26ClFN4O8P2. The predicted molar refractivity (Wildman–Crippen MR) is 135 cm³/mol. The number of hydrogen-bond acceptors (Lipinski definition) is 8. The Morgan fingerprint density at radius 3 is 2.66 bits per heavy atom. The van der Waals surface area contributed by atoms with Crippen LogP contribution in [0.4, 0.5) is 10.2 Å². The number of nitrogens with one attached hydrogen (secondary N) is 1. The van der Waals surface area contributed by atoms with Gasteiger partial charge in [-0.2, -0.15) is 4.98 Å². The van der Waals surface area contributed by atoms with Crippen molar-refractivity contribution in [1.29, 1.82) is 0 Å². The van der Waals surface area contributed by atoms with Gasteiger partial charge in [0.05, 0.1) is 24.9 Å². The van der Waals surface area contributed by atoms with Crippen LogP contribution in [0.1, 0.15) is 41.6 Å². The highest BCUT2D eigenvalue weighted by Crippen LogP contribution is 2.56. The van der Waals surface area contributed by atoms with Crippen molar-refractivity contribution in [2.75, 3.05) is 17.8 Å². The van der Waals surface area contributed by atoms with E-state index in [2.05, 4.69) is 15.4 Å². The van der Waals surface area contributed by atoms with Gasteiger partial charge in [-0.25, -0.2) is 8.91 Å². The quantitative estimate of drug-likeness (QED) is 0.212. The molecule has 206 valence electrons. The molecular weight excluding hydrogens is 565 g/mol. The second-order valence-corrected chi connectivity index (χ2v) is 14.0. The lowest BCUT2D eigenvalue weighted by molar-refractivity contribution is 0.00366. The number of anilines is 1. The van der Waals surface area contributed by atoms with E-state index in [0.717, 1.165) is 17.5 Å². The van der Waals surface area contributed by atoms with E-state index in [0.29, 0.717) is 23.4 Å². The van der Waals surface area contributed by atoms with E-state index >= 15 is 0 Å². The molecule has 2 aliphatic carbocycles. The highest BCUT2D eigenvalue weighted by Gasteiger charge is 2.45. The van der Waals surface area contributed by atoms with Crippen molar-refractivity contribution in [2.24, 2.45) is 5.92 Å². The summed E-state index contributed by atoms with van der Waals surface area (Å²) in [5.41, 5.74) is 2.95. The lowest BCUT2D eigenvalue weighted by atomic mass is 10.0. The highest BCUT2D eigenvalue weighted by atomic mass is 35.5. The molecule has 0 radical (unpaired) electrons. The van der Waals surface area contributed by atoms with Crippen molar-refractivity contribution >= 4 is 38.1 Å². The maximum Gasteiger partial charge on any atom is 0.340 e. The molecule has 1 aromatic carbocycles. The number of nitrogens with zero attached hydrogens (tertiary/aromatic N) is 3. The monoisotopic (exact) mass is 590 g/mol. The molecule has 16 heteroatoms. The van der Waals surface area contributed by atoms with Crippen LogP contribution in [0.2, 0.25) is 5.28 Å². The predicted octanol–water partition coefficient (Wildman–Crippen LogP) is 2.78. The van der Waals surface area contributed by atoms with Crippen LogP contribution < -0.4 is 5.32 Å². The number of rotatable bonds is 8.